The van der Waals surface area contributed by atoms with E-state index < -0.39 is 0 Å². The average Bonchev–Trinajstić information content (AvgIpc) is 3.43. The molecule has 0 amide bonds. The van der Waals surface area contributed by atoms with Crippen molar-refractivity contribution in [2.45, 2.75) is 18.6 Å². The monoisotopic (exact) mass is 475 g/mol. The van der Waals surface area contributed by atoms with Crippen LogP contribution >= 0.6 is 23.8 Å². The van der Waals surface area contributed by atoms with E-state index in [1.54, 1.807) is 13.3 Å². The average molecular weight is 476 g/mol. The summed E-state index contributed by atoms with van der Waals surface area (Å²) in [6.07, 6.45) is 5.68. The van der Waals surface area contributed by atoms with E-state index in [1.165, 1.54) is 0 Å². The van der Waals surface area contributed by atoms with Gasteiger partial charge in [0.25, 0.3) is 0 Å². The molecule has 1 aromatic carbocycles. The Bertz CT molecular complexity index is 1260. The molecule has 3 aromatic heterocycles. The molecule has 33 heavy (non-hydrogen) atoms. The van der Waals surface area contributed by atoms with Gasteiger partial charge in [0.05, 0.1) is 36.1 Å². The topological polar surface area (TPSA) is 55.2 Å². The van der Waals surface area contributed by atoms with Crippen LogP contribution in [0.2, 0.25) is 5.02 Å². The van der Waals surface area contributed by atoms with E-state index in [1.807, 2.05) is 66.9 Å². The lowest BCUT2D eigenvalue weighted by molar-refractivity contribution is 0.415. The number of nitrogens with zero attached hydrogens (tertiary/aromatic N) is 4. The Kier molecular flexibility index (Phi) is 5.98. The number of benzene rings is 1. The molecular weight excluding hydrogens is 454 g/mol. The first-order valence-corrected chi connectivity index (χ1v) is 11.3. The Hall–Kier alpha value is -3.42. The Balaban J connectivity index is 1.60. The van der Waals surface area contributed by atoms with Crippen molar-refractivity contribution in [3.05, 3.63) is 107 Å². The van der Waals surface area contributed by atoms with E-state index in [0.29, 0.717) is 22.4 Å². The number of rotatable bonds is 6. The summed E-state index contributed by atoms with van der Waals surface area (Å²) in [5.41, 5.74) is 3.87. The minimum absolute atomic E-state index is 0.142. The molecule has 0 unspecified atom stereocenters. The second-order valence-electron chi connectivity index (χ2n) is 7.70. The molecule has 1 aliphatic heterocycles. The van der Waals surface area contributed by atoms with Gasteiger partial charge in [-0.05, 0) is 66.8 Å². The molecule has 0 radical (unpaired) electrons. The van der Waals surface area contributed by atoms with Crippen LogP contribution in [-0.4, -0.2) is 26.8 Å². The minimum Gasteiger partial charge on any atom is -0.495 e. The van der Waals surface area contributed by atoms with Crippen LogP contribution in [0.15, 0.2) is 85.3 Å². The van der Waals surface area contributed by atoms with Crippen molar-refractivity contribution in [3.63, 3.8) is 0 Å². The van der Waals surface area contributed by atoms with Crippen LogP contribution in [0.4, 0.5) is 5.69 Å². The molecule has 0 saturated carbocycles. The molecule has 166 valence electrons. The fourth-order valence-electron chi connectivity index (χ4n) is 4.24. The highest BCUT2D eigenvalue weighted by molar-refractivity contribution is 7.80. The van der Waals surface area contributed by atoms with Crippen molar-refractivity contribution in [1.29, 1.82) is 0 Å². The summed E-state index contributed by atoms with van der Waals surface area (Å²) in [5, 5.41) is 4.63. The van der Waals surface area contributed by atoms with Gasteiger partial charge in [-0.1, -0.05) is 23.7 Å². The van der Waals surface area contributed by atoms with E-state index in [-0.39, 0.29) is 12.1 Å². The molecule has 2 atom stereocenters. The lowest BCUT2D eigenvalue weighted by Gasteiger charge is -2.29. The molecule has 0 spiro atoms. The van der Waals surface area contributed by atoms with Gasteiger partial charge in [0.15, 0.2) is 5.11 Å². The number of hydrogen-bond acceptors (Lipinski definition) is 4. The van der Waals surface area contributed by atoms with Gasteiger partial charge in [0, 0.05) is 30.0 Å². The predicted molar refractivity (Wildman–Crippen MR) is 134 cm³/mol. The SMILES string of the molecule is COc1ccc(N2C(=S)N[C@@H](c3ccccn3)[C@@H]2c2cccn2Cc2ccccn2)cc1Cl. The molecule has 0 bridgehead atoms. The summed E-state index contributed by atoms with van der Waals surface area (Å²) >= 11 is 12.3. The number of anilines is 1. The number of aromatic nitrogens is 3. The van der Waals surface area contributed by atoms with Crippen LogP contribution in [-0.2, 0) is 6.54 Å². The Labute approximate surface area is 202 Å². The Morgan fingerprint density at radius 3 is 2.55 bits per heavy atom. The van der Waals surface area contributed by atoms with Crippen molar-refractivity contribution in [1.82, 2.24) is 19.9 Å². The molecule has 4 aromatic rings. The third kappa shape index (κ3) is 4.17. The van der Waals surface area contributed by atoms with Gasteiger partial charge in [0.1, 0.15) is 11.8 Å². The first kappa shape index (κ1) is 21.4. The molecule has 1 N–H and O–H groups in total. The molecule has 0 aliphatic carbocycles. The van der Waals surface area contributed by atoms with E-state index in [2.05, 4.69) is 37.0 Å². The number of hydrogen-bond donors (Lipinski definition) is 1. The predicted octanol–water partition coefficient (Wildman–Crippen LogP) is 5.17. The van der Waals surface area contributed by atoms with Crippen molar-refractivity contribution in [2.75, 3.05) is 12.0 Å². The molecule has 4 heterocycles. The molecule has 1 saturated heterocycles. The Morgan fingerprint density at radius 1 is 1.03 bits per heavy atom. The molecule has 1 fully saturated rings. The smallest absolute Gasteiger partial charge is 0.174 e. The maximum atomic E-state index is 6.48. The minimum atomic E-state index is -0.143. The summed E-state index contributed by atoms with van der Waals surface area (Å²) in [6, 6.07) is 21.5. The first-order chi connectivity index (χ1) is 16.2. The molecule has 1 aliphatic rings. The highest BCUT2D eigenvalue weighted by Crippen LogP contribution is 2.43. The second kappa shape index (κ2) is 9.21. The van der Waals surface area contributed by atoms with Crippen molar-refractivity contribution >= 4 is 34.6 Å². The number of methoxy groups -OCH3 is 1. The fraction of sp³-hybridized carbons (Fsp3) is 0.160. The first-order valence-electron chi connectivity index (χ1n) is 10.5. The zero-order valence-corrected chi connectivity index (χ0v) is 19.5. The normalized spacial score (nSPS) is 17.8. The summed E-state index contributed by atoms with van der Waals surface area (Å²) in [5.74, 6) is 0.620. The van der Waals surface area contributed by atoms with Crippen LogP contribution in [0.5, 0.6) is 5.75 Å². The van der Waals surface area contributed by atoms with Crippen LogP contribution in [0.3, 0.4) is 0 Å². The molecule has 8 heteroatoms. The summed E-state index contributed by atoms with van der Waals surface area (Å²) in [7, 11) is 1.60. The lowest BCUT2D eigenvalue weighted by atomic mass is 10.0. The van der Waals surface area contributed by atoms with Gasteiger partial charge >= 0.3 is 0 Å². The van der Waals surface area contributed by atoms with Crippen LogP contribution in [0.1, 0.15) is 29.2 Å². The molecule has 5 rings (SSSR count). The summed E-state index contributed by atoms with van der Waals surface area (Å²) in [4.78, 5) is 11.2. The largest absolute Gasteiger partial charge is 0.495 e. The summed E-state index contributed by atoms with van der Waals surface area (Å²) < 4.78 is 7.55. The van der Waals surface area contributed by atoms with E-state index >= 15 is 0 Å². The van der Waals surface area contributed by atoms with Gasteiger partial charge in [-0.3, -0.25) is 9.97 Å². The number of thiocarbonyl (C=S) groups is 1. The van der Waals surface area contributed by atoms with Crippen LogP contribution in [0.25, 0.3) is 0 Å². The quantitative estimate of drug-likeness (QED) is 0.388. The van der Waals surface area contributed by atoms with Gasteiger partial charge < -0.3 is 19.5 Å². The summed E-state index contributed by atoms with van der Waals surface area (Å²) in [6.45, 7) is 0.651. The van der Waals surface area contributed by atoms with Crippen molar-refractivity contribution in [3.8, 4) is 5.75 Å². The number of nitrogens with one attached hydrogen (secondary N) is 1. The maximum Gasteiger partial charge on any atom is 0.174 e. The van der Waals surface area contributed by atoms with Gasteiger partial charge in [0.2, 0.25) is 0 Å². The zero-order chi connectivity index (χ0) is 22.8. The maximum absolute atomic E-state index is 6.48. The highest BCUT2D eigenvalue weighted by atomic mass is 35.5. The molecule has 6 nitrogen and oxygen atoms in total. The second-order valence-corrected chi connectivity index (χ2v) is 8.49. The highest BCUT2D eigenvalue weighted by Gasteiger charge is 2.42. The van der Waals surface area contributed by atoms with Gasteiger partial charge in [-0.2, -0.15) is 0 Å². The van der Waals surface area contributed by atoms with Gasteiger partial charge in [-0.25, -0.2) is 0 Å². The third-order valence-electron chi connectivity index (χ3n) is 5.74. The van der Waals surface area contributed by atoms with Gasteiger partial charge in [-0.15, -0.1) is 0 Å². The van der Waals surface area contributed by atoms with E-state index in [9.17, 15) is 0 Å². The van der Waals surface area contributed by atoms with Crippen molar-refractivity contribution < 1.29 is 4.74 Å². The lowest BCUT2D eigenvalue weighted by Crippen LogP contribution is -2.30. The standard InChI is InChI=1S/C25H22ClN5OS/c1-32-22-11-10-18(15-19(22)26)31-24(23(29-25(31)33)20-8-3-5-13-28-20)21-9-6-14-30(21)16-17-7-2-4-12-27-17/h2-15,23-24H,16H2,1H3,(H,29,33)/t23-,24-/m0/s1. The number of pyridine rings is 2. The van der Waals surface area contributed by atoms with E-state index in [4.69, 9.17) is 28.6 Å². The van der Waals surface area contributed by atoms with Crippen LogP contribution in [0, 0.1) is 0 Å². The van der Waals surface area contributed by atoms with E-state index in [0.717, 1.165) is 22.8 Å². The molecular formula is C25H22ClN5OS. The number of halogens is 1. The fourth-order valence-corrected chi connectivity index (χ4v) is 4.84. The van der Waals surface area contributed by atoms with Crippen LogP contribution < -0.4 is 15.0 Å². The third-order valence-corrected chi connectivity index (χ3v) is 6.35. The Morgan fingerprint density at radius 2 is 1.85 bits per heavy atom. The van der Waals surface area contributed by atoms with Crippen molar-refractivity contribution in [2.24, 2.45) is 0 Å². The number of ether oxygens (including phenoxy) is 1. The zero-order valence-electron chi connectivity index (χ0n) is 17.9.